The van der Waals surface area contributed by atoms with Crippen LogP contribution >= 0.6 is 11.3 Å². The summed E-state index contributed by atoms with van der Waals surface area (Å²) in [5, 5.41) is 19.3. The predicted octanol–water partition coefficient (Wildman–Crippen LogP) is 3.10. The summed E-state index contributed by atoms with van der Waals surface area (Å²) >= 11 is 1.67. The highest BCUT2D eigenvalue weighted by molar-refractivity contribution is 7.09. The maximum absolute atomic E-state index is 9.19. The fraction of sp³-hybridized carbons (Fsp3) is 0.133. The molecule has 2 aromatic heterocycles. The van der Waals surface area contributed by atoms with Gasteiger partial charge in [0.25, 0.3) is 0 Å². The summed E-state index contributed by atoms with van der Waals surface area (Å²) in [4.78, 5) is 1.19. The lowest BCUT2D eigenvalue weighted by atomic mass is 10.2. The molecule has 3 aromatic rings. The molecule has 20 heavy (non-hydrogen) atoms. The molecule has 0 unspecified atom stereocenters. The van der Waals surface area contributed by atoms with Crippen LogP contribution in [0.15, 0.2) is 41.8 Å². The second-order valence-electron chi connectivity index (χ2n) is 4.50. The zero-order chi connectivity index (χ0) is 13.9. The maximum atomic E-state index is 9.19. The first-order valence-electron chi connectivity index (χ1n) is 6.22. The van der Waals surface area contributed by atoms with Gasteiger partial charge in [-0.3, -0.25) is 0 Å². The Morgan fingerprint density at radius 2 is 2.05 bits per heavy atom. The van der Waals surface area contributed by atoms with E-state index in [-0.39, 0.29) is 0 Å². The summed E-state index contributed by atoms with van der Waals surface area (Å²) in [5.41, 5.74) is 3.34. The number of hydrogen-bond acceptors (Lipinski definition) is 4. The van der Waals surface area contributed by atoms with E-state index in [4.69, 9.17) is 0 Å². The third-order valence-electron chi connectivity index (χ3n) is 3.07. The van der Waals surface area contributed by atoms with E-state index in [0.717, 1.165) is 11.4 Å². The van der Waals surface area contributed by atoms with Gasteiger partial charge in [-0.2, -0.15) is 5.26 Å². The molecule has 0 N–H and O–H groups in total. The van der Waals surface area contributed by atoms with Crippen LogP contribution in [0, 0.1) is 18.3 Å². The van der Waals surface area contributed by atoms with Crippen molar-refractivity contribution in [3.05, 3.63) is 63.6 Å². The van der Waals surface area contributed by atoms with E-state index in [2.05, 4.69) is 22.4 Å². The average molecular weight is 280 g/mol. The van der Waals surface area contributed by atoms with Crippen molar-refractivity contribution in [3.8, 4) is 11.8 Å². The normalized spacial score (nSPS) is 10.4. The molecule has 0 aliphatic heterocycles. The monoisotopic (exact) mass is 280 g/mol. The molecule has 1 aromatic carbocycles. The summed E-state index contributed by atoms with van der Waals surface area (Å²) in [6.07, 6.45) is 0.668. The second-order valence-corrected chi connectivity index (χ2v) is 5.53. The van der Waals surface area contributed by atoms with Crippen molar-refractivity contribution < 1.29 is 0 Å². The molecule has 0 atom stereocenters. The van der Waals surface area contributed by atoms with Gasteiger partial charge >= 0.3 is 0 Å². The highest BCUT2D eigenvalue weighted by atomic mass is 32.1. The highest BCUT2D eigenvalue weighted by Crippen LogP contribution is 2.19. The zero-order valence-electron chi connectivity index (χ0n) is 10.9. The minimum absolute atomic E-state index is 0.388. The lowest BCUT2D eigenvalue weighted by Crippen LogP contribution is -2.03. The summed E-state index contributed by atoms with van der Waals surface area (Å²) in [6, 6.07) is 14.2. The van der Waals surface area contributed by atoms with E-state index < -0.39 is 0 Å². The number of aromatic nitrogens is 3. The molecular weight excluding hydrogens is 268 g/mol. The van der Waals surface area contributed by atoms with Crippen molar-refractivity contribution >= 4 is 11.3 Å². The summed E-state index contributed by atoms with van der Waals surface area (Å²) in [6.45, 7) is 2.04. The van der Waals surface area contributed by atoms with E-state index in [1.165, 1.54) is 10.4 Å². The van der Waals surface area contributed by atoms with Crippen LogP contribution in [0.25, 0.3) is 5.69 Å². The lowest BCUT2D eigenvalue weighted by Gasteiger charge is -2.06. The molecule has 0 saturated heterocycles. The molecule has 2 heterocycles. The van der Waals surface area contributed by atoms with Crippen LogP contribution in [-0.2, 0) is 6.42 Å². The topological polar surface area (TPSA) is 54.5 Å². The van der Waals surface area contributed by atoms with Crippen molar-refractivity contribution in [3.63, 3.8) is 0 Å². The Morgan fingerprint density at radius 3 is 2.70 bits per heavy atom. The molecule has 98 valence electrons. The molecule has 5 heteroatoms. The number of hydrogen-bond donors (Lipinski definition) is 0. The molecule has 0 saturated carbocycles. The van der Waals surface area contributed by atoms with Crippen LogP contribution in [0.3, 0.4) is 0 Å². The number of aryl methyl sites for hydroxylation is 1. The van der Waals surface area contributed by atoms with E-state index in [1.54, 1.807) is 16.0 Å². The first kappa shape index (κ1) is 12.6. The van der Waals surface area contributed by atoms with Gasteiger partial charge in [-0.25, -0.2) is 4.68 Å². The van der Waals surface area contributed by atoms with Crippen LogP contribution in [0.4, 0.5) is 0 Å². The first-order chi connectivity index (χ1) is 9.78. The van der Waals surface area contributed by atoms with Gasteiger partial charge < -0.3 is 0 Å². The van der Waals surface area contributed by atoms with E-state index in [0.29, 0.717) is 12.1 Å². The smallest absolute Gasteiger partial charge is 0.186 e. The quantitative estimate of drug-likeness (QED) is 0.740. The van der Waals surface area contributed by atoms with Crippen LogP contribution in [0.5, 0.6) is 0 Å². The molecule has 3 rings (SSSR count). The van der Waals surface area contributed by atoms with Gasteiger partial charge in [0.15, 0.2) is 5.69 Å². The summed E-state index contributed by atoms with van der Waals surface area (Å²) in [7, 11) is 0. The van der Waals surface area contributed by atoms with Crippen LogP contribution in [0.2, 0.25) is 0 Å². The molecule has 0 radical (unpaired) electrons. The molecule has 0 fully saturated rings. The number of rotatable bonds is 3. The standard InChI is InChI=1S/C15H12N4S/c1-11-4-6-12(7-5-11)19-15(14(10-16)17-18-19)9-13-3-2-8-20-13/h2-8H,9H2,1H3. The highest BCUT2D eigenvalue weighted by Gasteiger charge is 2.14. The number of nitriles is 1. The molecule has 0 aliphatic carbocycles. The Hall–Kier alpha value is -2.45. The lowest BCUT2D eigenvalue weighted by molar-refractivity contribution is 0.774. The van der Waals surface area contributed by atoms with Gasteiger partial charge in [0.1, 0.15) is 6.07 Å². The SMILES string of the molecule is Cc1ccc(-n2nnc(C#N)c2Cc2cccs2)cc1. The fourth-order valence-corrected chi connectivity index (χ4v) is 2.73. The number of nitrogens with zero attached hydrogens (tertiary/aromatic N) is 4. The van der Waals surface area contributed by atoms with Crippen molar-refractivity contribution in [2.45, 2.75) is 13.3 Å². The van der Waals surface area contributed by atoms with Crippen LogP contribution in [-0.4, -0.2) is 15.0 Å². The fourth-order valence-electron chi connectivity index (χ4n) is 2.02. The summed E-state index contributed by atoms with van der Waals surface area (Å²) in [5.74, 6) is 0. The second kappa shape index (κ2) is 5.27. The summed E-state index contributed by atoms with van der Waals surface area (Å²) < 4.78 is 1.75. The zero-order valence-corrected chi connectivity index (χ0v) is 11.8. The third-order valence-corrected chi connectivity index (χ3v) is 3.95. The molecule has 0 aliphatic rings. The Bertz CT molecular complexity index is 748. The van der Waals surface area contributed by atoms with Gasteiger partial charge in [0, 0.05) is 11.3 Å². The molecule has 0 spiro atoms. The van der Waals surface area contributed by atoms with Gasteiger partial charge in [0.05, 0.1) is 11.4 Å². The number of benzene rings is 1. The van der Waals surface area contributed by atoms with E-state index in [9.17, 15) is 5.26 Å². The predicted molar refractivity (Wildman–Crippen MR) is 77.9 cm³/mol. The molecular formula is C15H12N4S. The van der Waals surface area contributed by atoms with Gasteiger partial charge in [-0.15, -0.1) is 16.4 Å². The minimum atomic E-state index is 0.388. The van der Waals surface area contributed by atoms with Crippen molar-refractivity contribution in [2.75, 3.05) is 0 Å². The van der Waals surface area contributed by atoms with Crippen molar-refractivity contribution in [1.82, 2.24) is 15.0 Å². The molecule has 0 bridgehead atoms. The third kappa shape index (κ3) is 2.33. The minimum Gasteiger partial charge on any atom is -0.216 e. The van der Waals surface area contributed by atoms with Crippen LogP contribution in [0.1, 0.15) is 21.8 Å². The largest absolute Gasteiger partial charge is 0.216 e. The number of thiophene rings is 1. The Labute approximate surface area is 120 Å². The van der Waals surface area contributed by atoms with Gasteiger partial charge in [-0.1, -0.05) is 29.0 Å². The average Bonchev–Trinajstić information content (AvgIpc) is 3.10. The molecule has 4 nitrogen and oxygen atoms in total. The van der Waals surface area contributed by atoms with Gasteiger partial charge in [0.2, 0.25) is 0 Å². The van der Waals surface area contributed by atoms with Crippen molar-refractivity contribution in [1.29, 1.82) is 5.26 Å². The van der Waals surface area contributed by atoms with Gasteiger partial charge in [-0.05, 0) is 30.5 Å². The Balaban J connectivity index is 2.05. The maximum Gasteiger partial charge on any atom is 0.186 e. The van der Waals surface area contributed by atoms with Crippen molar-refractivity contribution in [2.24, 2.45) is 0 Å². The molecule has 0 amide bonds. The van der Waals surface area contributed by atoms with Crippen LogP contribution < -0.4 is 0 Å². The van der Waals surface area contributed by atoms with E-state index >= 15 is 0 Å². The Morgan fingerprint density at radius 1 is 1.25 bits per heavy atom. The van der Waals surface area contributed by atoms with E-state index in [1.807, 2.05) is 42.6 Å². The first-order valence-corrected chi connectivity index (χ1v) is 7.10. The Kier molecular flexibility index (Phi) is 3.32.